The first-order chi connectivity index (χ1) is 17.4. The Hall–Kier alpha value is -3.23. The van der Waals surface area contributed by atoms with Crippen molar-refractivity contribution in [1.82, 2.24) is 0 Å². The number of non-ortho nitro benzene ring substituents is 1. The maximum atomic E-state index is 11.5. The molecule has 9 heteroatoms. The van der Waals surface area contributed by atoms with Crippen molar-refractivity contribution in [1.29, 1.82) is 0 Å². The second kappa shape index (κ2) is 10.0. The molecule has 1 N–H and O–H groups in total. The molecule has 2 aliphatic rings. The summed E-state index contributed by atoms with van der Waals surface area (Å²) in [6.07, 6.45) is 5.12. The second-order valence-electron chi connectivity index (χ2n) is 8.79. The molecule has 1 aliphatic carbocycles. The van der Waals surface area contributed by atoms with E-state index >= 15 is 0 Å². The zero-order valence-electron chi connectivity index (χ0n) is 19.7. The lowest BCUT2D eigenvalue weighted by molar-refractivity contribution is -0.385. The lowest BCUT2D eigenvalue weighted by atomic mass is 9.76. The zero-order valence-corrected chi connectivity index (χ0v) is 22.0. The average molecular weight is 572 g/mol. The third-order valence-electron chi connectivity index (χ3n) is 6.76. The first-order valence-corrected chi connectivity index (χ1v) is 12.6. The van der Waals surface area contributed by atoms with Crippen LogP contribution in [0, 0.1) is 16.0 Å². The summed E-state index contributed by atoms with van der Waals surface area (Å²) in [5.74, 6) is 1.89. The van der Waals surface area contributed by atoms with Gasteiger partial charge in [-0.2, -0.15) is 0 Å². The van der Waals surface area contributed by atoms with E-state index in [0.29, 0.717) is 28.9 Å². The Kier molecular flexibility index (Phi) is 6.81. The molecule has 3 aromatic carbocycles. The normalized spacial score (nSPS) is 19.7. The highest BCUT2D eigenvalue weighted by molar-refractivity contribution is 9.10. The van der Waals surface area contributed by atoms with E-state index in [1.165, 1.54) is 13.2 Å². The molecule has 0 saturated carbocycles. The minimum absolute atomic E-state index is 0.0245. The number of halogens is 2. The Balaban J connectivity index is 1.49. The number of nitro benzene ring substituents is 1. The first kappa shape index (κ1) is 24.5. The molecule has 7 nitrogen and oxygen atoms in total. The fourth-order valence-electron chi connectivity index (χ4n) is 5.04. The van der Waals surface area contributed by atoms with Crippen LogP contribution in [0.4, 0.5) is 11.4 Å². The summed E-state index contributed by atoms with van der Waals surface area (Å²) in [5.41, 5.74) is 3.69. The van der Waals surface area contributed by atoms with E-state index in [4.69, 9.17) is 25.8 Å². The van der Waals surface area contributed by atoms with E-state index in [1.54, 1.807) is 13.2 Å². The molecule has 186 valence electrons. The molecule has 36 heavy (non-hydrogen) atoms. The van der Waals surface area contributed by atoms with Crippen molar-refractivity contribution in [2.24, 2.45) is 5.92 Å². The van der Waals surface area contributed by atoms with E-state index < -0.39 is 0 Å². The number of allylic oxidation sites excluding steroid dienone is 2. The molecule has 0 unspecified atom stereocenters. The van der Waals surface area contributed by atoms with Gasteiger partial charge in [0.05, 0.1) is 41.4 Å². The second-order valence-corrected chi connectivity index (χ2v) is 10.1. The minimum Gasteiger partial charge on any atom is -0.494 e. The summed E-state index contributed by atoms with van der Waals surface area (Å²) >= 11 is 9.67. The van der Waals surface area contributed by atoms with E-state index in [1.807, 2.05) is 36.4 Å². The number of nitrogens with one attached hydrogen (secondary N) is 1. The highest BCUT2D eigenvalue weighted by Gasteiger charge is 2.40. The molecular formula is C27H24BrClN2O5. The SMILES string of the molecule is COc1cc([N+](=O)[O-])cc2c1N[C@H](c1cc(Br)c(OCc3ccc(Cl)cc3)c(OC)c1)[C@@H]1CC=C[C@@H]21. The van der Waals surface area contributed by atoms with Crippen LogP contribution in [0.15, 0.2) is 65.2 Å². The number of hydrogen-bond acceptors (Lipinski definition) is 6. The molecule has 0 fully saturated rings. The molecule has 0 aromatic heterocycles. The van der Waals surface area contributed by atoms with E-state index in [0.717, 1.165) is 33.3 Å². The van der Waals surface area contributed by atoms with Gasteiger partial charge in [-0.05, 0) is 69.2 Å². The van der Waals surface area contributed by atoms with Gasteiger partial charge in [-0.25, -0.2) is 0 Å². The molecule has 0 radical (unpaired) electrons. The summed E-state index contributed by atoms with van der Waals surface area (Å²) in [7, 11) is 3.14. The Bertz CT molecular complexity index is 1340. The standard InChI is InChI=1S/C27H24BrClN2O5/c1-34-23-13-18(31(32)33)12-21-19-4-3-5-20(19)25(30-26(21)23)16-10-22(28)27(24(11-16)35-2)36-14-15-6-8-17(29)9-7-15/h3-4,6-13,19-20,25,30H,5,14H2,1-2H3/t19-,20-,25-/m1/s1. The molecule has 0 saturated heterocycles. The van der Waals surface area contributed by atoms with Gasteiger partial charge in [0, 0.05) is 17.0 Å². The van der Waals surface area contributed by atoms with Crippen molar-refractivity contribution in [3.63, 3.8) is 0 Å². The van der Waals surface area contributed by atoms with Crippen LogP contribution in [-0.2, 0) is 6.61 Å². The fraction of sp³-hybridized carbons (Fsp3) is 0.259. The Morgan fingerprint density at radius 2 is 1.86 bits per heavy atom. The Morgan fingerprint density at radius 1 is 1.11 bits per heavy atom. The molecular weight excluding hydrogens is 548 g/mol. The summed E-state index contributed by atoms with van der Waals surface area (Å²) in [6.45, 7) is 0.366. The van der Waals surface area contributed by atoms with E-state index in [-0.39, 0.29) is 28.5 Å². The predicted molar refractivity (Wildman–Crippen MR) is 142 cm³/mol. The minimum atomic E-state index is -0.382. The number of benzene rings is 3. The summed E-state index contributed by atoms with van der Waals surface area (Å²) in [4.78, 5) is 11.1. The monoisotopic (exact) mass is 570 g/mol. The van der Waals surface area contributed by atoms with Crippen LogP contribution in [0.3, 0.4) is 0 Å². The van der Waals surface area contributed by atoms with Gasteiger partial charge < -0.3 is 19.5 Å². The largest absolute Gasteiger partial charge is 0.494 e. The van der Waals surface area contributed by atoms with Gasteiger partial charge in [0.1, 0.15) is 12.4 Å². The van der Waals surface area contributed by atoms with Gasteiger partial charge in [-0.3, -0.25) is 10.1 Å². The van der Waals surface area contributed by atoms with Gasteiger partial charge in [0.15, 0.2) is 11.5 Å². The number of nitro groups is 1. The van der Waals surface area contributed by atoms with Crippen molar-refractivity contribution < 1.29 is 19.1 Å². The first-order valence-electron chi connectivity index (χ1n) is 11.4. The van der Waals surface area contributed by atoms with Crippen molar-refractivity contribution in [3.05, 3.63) is 97.0 Å². The van der Waals surface area contributed by atoms with Gasteiger partial charge in [0.25, 0.3) is 5.69 Å². The van der Waals surface area contributed by atoms with Crippen LogP contribution in [0.5, 0.6) is 17.2 Å². The highest BCUT2D eigenvalue weighted by atomic mass is 79.9. The smallest absolute Gasteiger partial charge is 0.273 e. The Morgan fingerprint density at radius 3 is 2.56 bits per heavy atom. The van der Waals surface area contributed by atoms with Gasteiger partial charge >= 0.3 is 0 Å². The van der Waals surface area contributed by atoms with Crippen molar-refractivity contribution >= 4 is 38.9 Å². The summed E-state index contributed by atoms with van der Waals surface area (Å²) in [5, 5.41) is 15.8. The van der Waals surface area contributed by atoms with Crippen LogP contribution in [0.1, 0.15) is 35.1 Å². The van der Waals surface area contributed by atoms with Gasteiger partial charge in [0.2, 0.25) is 0 Å². The summed E-state index contributed by atoms with van der Waals surface area (Å²) in [6, 6.07) is 14.6. The lowest BCUT2D eigenvalue weighted by Gasteiger charge is -2.38. The quantitative estimate of drug-likeness (QED) is 0.180. The van der Waals surface area contributed by atoms with Crippen LogP contribution in [0.25, 0.3) is 0 Å². The number of rotatable bonds is 7. The zero-order chi connectivity index (χ0) is 25.4. The number of anilines is 1. The maximum absolute atomic E-state index is 11.5. The van der Waals surface area contributed by atoms with Crippen molar-refractivity contribution in [3.8, 4) is 17.2 Å². The highest BCUT2D eigenvalue weighted by Crippen LogP contribution is 2.54. The number of ether oxygens (including phenoxy) is 3. The number of fused-ring (bicyclic) bond motifs is 3. The van der Waals surface area contributed by atoms with Crippen molar-refractivity contribution in [2.75, 3.05) is 19.5 Å². The molecule has 0 spiro atoms. The van der Waals surface area contributed by atoms with Crippen LogP contribution < -0.4 is 19.5 Å². The topological polar surface area (TPSA) is 82.9 Å². The van der Waals surface area contributed by atoms with Crippen LogP contribution >= 0.6 is 27.5 Å². The Labute approximate surface area is 222 Å². The van der Waals surface area contributed by atoms with E-state index in [2.05, 4.69) is 33.4 Å². The molecule has 0 amide bonds. The molecule has 5 rings (SSSR count). The molecule has 3 atom stereocenters. The van der Waals surface area contributed by atoms with Gasteiger partial charge in [-0.15, -0.1) is 0 Å². The number of nitrogens with zero attached hydrogens (tertiary/aromatic N) is 1. The fourth-order valence-corrected chi connectivity index (χ4v) is 5.74. The summed E-state index contributed by atoms with van der Waals surface area (Å²) < 4.78 is 18.2. The third kappa shape index (κ3) is 4.51. The molecule has 0 bridgehead atoms. The third-order valence-corrected chi connectivity index (χ3v) is 7.60. The van der Waals surface area contributed by atoms with Crippen molar-refractivity contribution in [2.45, 2.75) is 25.0 Å². The molecule has 1 heterocycles. The van der Waals surface area contributed by atoms with Crippen LogP contribution in [-0.4, -0.2) is 19.1 Å². The van der Waals surface area contributed by atoms with Gasteiger partial charge in [-0.1, -0.05) is 35.9 Å². The maximum Gasteiger partial charge on any atom is 0.273 e. The lowest BCUT2D eigenvalue weighted by Crippen LogP contribution is -2.29. The van der Waals surface area contributed by atoms with E-state index in [9.17, 15) is 10.1 Å². The van der Waals surface area contributed by atoms with Crippen LogP contribution in [0.2, 0.25) is 5.02 Å². The number of methoxy groups -OCH3 is 2. The average Bonchev–Trinajstić information content (AvgIpc) is 3.37. The predicted octanol–water partition coefficient (Wildman–Crippen LogP) is 7.43. The molecule has 1 aliphatic heterocycles. The molecule has 3 aromatic rings. The number of hydrogen-bond donors (Lipinski definition) is 1.